The lowest BCUT2D eigenvalue weighted by Crippen LogP contribution is -2.53. The molecule has 0 aliphatic carbocycles. The summed E-state index contributed by atoms with van der Waals surface area (Å²) in [5, 5.41) is 0.180. The number of morpholine rings is 1. The third-order valence-electron chi connectivity index (χ3n) is 3.07. The van der Waals surface area contributed by atoms with Crippen molar-refractivity contribution in [3.8, 4) is 0 Å². The van der Waals surface area contributed by atoms with Crippen LogP contribution in [0.5, 0.6) is 0 Å². The van der Waals surface area contributed by atoms with E-state index in [-0.39, 0.29) is 11.2 Å². The van der Waals surface area contributed by atoms with Gasteiger partial charge in [0.25, 0.3) is 0 Å². The Bertz CT molecular complexity index is 241. The molecular formula is C10H18NO3S+. The van der Waals surface area contributed by atoms with Crippen LogP contribution in [-0.4, -0.2) is 61.0 Å². The number of nitrogens with zero attached hydrogens (tertiary/aromatic N) is 1. The second kappa shape index (κ2) is 4.82. The minimum atomic E-state index is 0.180. The van der Waals surface area contributed by atoms with Crippen LogP contribution in [0.2, 0.25) is 0 Å². The van der Waals surface area contributed by atoms with E-state index in [0.29, 0.717) is 0 Å². The summed E-state index contributed by atoms with van der Waals surface area (Å²) in [6.07, 6.45) is 0.247. The van der Waals surface area contributed by atoms with Crippen molar-refractivity contribution in [1.82, 2.24) is 0 Å². The van der Waals surface area contributed by atoms with Gasteiger partial charge in [-0.05, 0) is 0 Å². The van der Waals surface area contributed by atoms with Gasteiger partial charge in [-0.2, -0.15) is 0 Å². The van der Waals surface area contributed by atoms with Gasteiger partial charge in [0.1, 0.15) is 25.7 Å². The minimum absolute atomic E-state index is 0.180. The topological polar surface area (TPSA) is 35.5 Å². The van der Waals surface area contributed by atoms with Gasteiger partial charge in [0.15, 0.2) is 11.8 Å². The van der Waals surface area contributed by atoms with Crippen molar-refractivity contribution < 1.29 is 18.8 Å². The van der Waals surface area contributed by atoms with Gasteiger partial charge in [0.2, 0.25) is 0 Å². The number of quaternary nitrogens is 1. The molecular weight excluding hydrogens is 214 g/mol. The zero-order chi connectivity index (χ0) is 10.7. The number of ether oxygens (including phenoxy) is 2. The number of carbonyl (C=O) groups excluding carboxylic acids is 1. The quantitative estimate of drug-likeness (QED) is 0.648. The Morgan fingerprint density at radius 3 is 2.87 bits per heavy atom. The number of hydrogen-bond donors (Lipinski definition) is 0. The lowest BCUT2D eigenvalue weighted by atomic mass is 10.3. The zero-order valence-corrected chi connectivity index (χ0v) is 9.92. The summed E-state index contributed by atoms with van der Waals surface area (Å²) >= 11 is 1.37. The SMILES string of the molecule is CC(=O)SCC1C[N+]2(CCOCC2)CO1. The Labute approximate surface area is 94.5 Å². The lowest BCUT2D eigenvalue weighted by molar-refractivity contribution is -0.932. The number of hydrogen-bond acceptors (Lipinski definition) is 4. The molecule has 0 aromatic carbocycles. The summed E-state index contributed by atoms with van der Waals surface area (Å²) < 4.78 is 12.1. The second-order valence-electron chi connectivity index (χ2n) is 4.30. The van der Waals surface area contributed by atoms with Gasteiger partial charge in [-0.15, -0.1) is 0 Å². The molecule has 0 radical (unpaired) electrons. The molecule has 1 unspecified atom stereocenters. The molecule has 2 saturated heterocycles. The molecule has 1 atom stereocenters. The minimum Gasteiger partial charge on any atom is -0.370 e. The summed E-state index contributed by atoms with van der Waals surface area (Å²) in [7, 11) is 0. The van der Waals surface area contributed by atoms with Crippen molar-refractivity contribution in [2.75, 3.05) is 45.3 Å². The Hall–Kier alpha value is -0.100. The molecule has 0 aromatic heterocycles. The summed E-state index contributed by atoms with van der Waals surface area (Å²) in [5.74, 6) is 0.802. The van der Waals surface area contributed by atoms with E-state index in [0.717, 1.165) is 49.8 Å². The van der Waals surface area contributed by atoms with E-state index in [4.69, 9.17) is 9.47 Å². The normalized spacial score (nSPS) is 29.5. The average Bonchev–Trinajstić information content (AvgIpc) is 2.60. The van der Waals surface area contributed by atoms with E-state index in [9.17, 15) is 4.79 Å². The smallest absolute Gasteiger partial charge is 0.185 e. The number of carbonyl (C=O) groups is 1. The van der Waals surface area contributed by atoms with E-state index in [1.165, 1.54) is 11.8 Å². The van der Waals surface area contributed by atoms with Crippen LogP contribution in [0.3, 0.4) is 0 Å². The highest BCUT2D eigenvalue weighted by molar-refractivity contribution is 8.13. The summed E-state index contributed by atoms with van der Waals surface area (Å²) in [6, 6.07) is 0. The Balaban J connectivity index is 1.80. The highest BCUT2D eigenvalue weighted by Gasteiger charge is 2.40. The molecule has 0 saturated carbocycles. The highest BCUT2D eigenvalue weighted by atomic mass is 32.2. The average molecular weight is 232 g/mol. The van der Waals surface area contributed by atoms with E-state index in [1.54, 1.807) is 6.92 Å². The van der Waals surface area contributed by atoms with Crippen LogP contribution >= 0.6 is 11.8 Å². The summed E-state index contributed by atoms with van der Waals surface area (Å²) in [4.78, 5) is 10.9. The summed E-state index contributed by atoms with van der Waals surface area (Å²) in [6.45, 7) is 7.25. The van der Waals surface area contributed by atoms with Crippen molar-refractivity contribution in [1.29, 1.82) is 0 Å². The molecule has 0 amide bonds. The van der Waals surface area contributed by atoms with Crippen LogP contribution < -0.4 is 0 Å². The molecule has 2 aliphatic rings. The van der Waals surface area contributed by atoms with Crippen molar-refractivity contribution in [3.05, 3.63) is 0 Å². The van der Waals surface area contributed by atoms with Gasteiger partial charge in [-0.3, -0.25) is 9.28 Å². The van der Waals surface area contributed by atoms with Crippen molar-refractivity contribution >= 4 is 16.9 Å². The Kier molecular flexibility index (Phi) is 3.66. The fourth-order valence-electron chi connectivity index (χ4n) is 2.15. The molecule has 1 spiro atoms. The van der Waals surface area contributed by atoms with E-state index >= 15 is 0 Å². The molecule has 2 heterocycles. The van der Waals surface area contributed by atoms with Crippen LogP contribution in [0.1, 0.15) is 6.92 Å². The first-order valence-corrected chi connectivity index (χ1v) is 6.37. The molecule has 4 nitrogen and oxygen atoms in total. The lowest BCUT2D eigenvalue weighted by Gasteiger charge is -2.35. The van der Waals surface area contributed by atoms with Crippen LogP contribution in [0.25, 0.3) is 0 Å². The van der Waals surface area contributed by atoms with Gasteiger partial charge >= 0.3 is 0 Å². The largest absolute Gasteiger partial charge is 0.370 e. The maximum absolute atomic E-state index is 10.9. The molecule has 15 heavy (non-hydrogen) atoms. The maximum Gasteiger partial charge on any atom is 0.185 e. The third-order valence-corrected chi connectivity index (χ3v) is 4.01. The number of thioether (sulfide) groups is 1. The monoisotopic (exact) mass is 232 g/mol. The number of rotatable bonds is 2. The molecule has 2 fully saturated rings. The Morgan fingerprint density at radius 2 is 2.20 bits per heavy atom. The highest BCUT2D eigenvalue weighted by Crippen LogP contribution is 2.23. The second-order valence-corrected chi connectivity index (χ2v) is 5.50. The molecule has 0 bridgehead atoms. The first-order valence-electron chi connectivity index (χ1n) is 5.38. The first-order chi connectivity index (χ1) is 7.20. The fourth-order valence-corrected chi connectivity index (χ4v) is 2.78. The summed E-state index contributed by atoms with van der Waals surface area (Å²) in [5.41, 5.74) is 0. The van der Waals surface area contributed by atoms with E-state index in [2.05, 4.69) is 0 Å². The van der Waals surface area contributed by atoms with Crippen LogP contribution in [-0.2, 0) is 14.3 Å². The molecule has 5 heteroatoms. The molecule has 0 aromatic rings. The first kappa shape index (κ1) is 11.4. The van der Waals surface area contributed by atoms with Crippen LogP contribution in [0.15, 0.2) is 0 Å². The maximum atomic E-state index is 10.9. The van der Waals surface area contributed by atoms with E-state index in [1.807, 2.05) is 0 Å². The third kappa shape index (κ3) is 2.93. The molecule has 2 aliphatic heterocycles. The molecule has 2 rings (SSSR count). The van der Waals surface area contributed by atoms with Crippen molar-refractivity contribution in [2.45, 2.75) is 13.0 Å². The zero-order valence-electron chi connectivity index (χ0n) is 9.11. The van der Waals surface area contributed by atoms with Crippen molar-refractivity contribution in [2.24, 2.45) is 0 Å². The van der Waals surface area contributed by atoms with Gasteiger partial charge in [0.05, 0.1) is 13.2 Å². The van der Waals surface area contributed by atoms with Crippen LogP contribution in [0, 0.1) is 0 Å². The molecule has 0 N–H and O–H groups in total. The van der Waals surface area contributed by atoms with Gasteiger partial charge in [-0.1, -0.05) is 11.8 Å². The van der Waals surface area contributed by atoms with Gasteiger partial charge in [0, 0.05) is 12.7 Å². The van der Waals surface area contributed by atoms with Gasteiger partial charge < -0.3 is 9.47 Å². The van der Waals surface area contributed by atoms with Gasteiger partial charge in [-0.25, -0.2) is 0 Å². The fraction of sp³-hybridized carbons (Fsp3) is 0.900. The predicted octanol–water partition coefficient (Wildman–Crippen LogP) is 0.469. The predicted molar refractivity (Wildman–Crippen MR) is 58.6 cm³/mol. The molecule has 86 valence electrons. The van der Waals surface area contributed by atoms with E-state index < -0.39 is 0 Å². The van der Waals surface area contributed by atoms with Crippen LogP contribution in [0.4, 0.5) is 0 Å². The standard InChI is InChI=1S/C10H18NO3S/c1-9(12)15-7-10-6-11(8-14-10)2-4-13-5-3-11/h10H,2-8H2,1H3/q+1. The Morgan fingerprint density at radius 1 is 1.47 bits per heavy atom. The van der Waals surface area contributed by atoms with Crippen molar-refractivity contribution in [3.63, 3.8) is 0 Å².